The second-order valence-corrected chi connectivity index (χ2v) is 7.40. The van der Waals surface area contributed by atoms with Crippen LogP contribution < -0.4 is 5.32 Å². The van der Waals surface area contributed by atoms with E-state index in [0.29, 0.717) is 0 Å². The first-order valence-corrected chi connectivity index (χ1v) is 7.15. The lowest BCUT2D eigenvalue weighted by Gasteiger charge is -2.31. The van der Waals surface area contributed by atoms with Crippen LogP contribution in [-0.4, -0.2) is 36.1 Å². The van der Waals surface area contributed by atoms with Crippen molar-refractivity contribution < 1.29 is 0 Å². The summed E-state index contributed by atoms with van der Waals surface area (Å²) in [7, 11) is 2.20. The Kier molecular flexibility index (Phi) is 7.16. The van der Waals surface area contributed by atoms with E-state index in [-0.39, 0.29) is 11.1 Å². The number of nitrogens with one attached hydrogen (secondary N) is 1. The van der Waals surface area contributed by atoms with Gasteiger partial charge in [-0.05, 0) is 74.4 Å². The Hall–Kier alpha value is -0.340. The molecule has 1 N–H and O–H groups in total. The molecule has 0 aromatic carbocycles. The Bertz CT molecular complexity index is 243. The average molecular weight is 254 g/mol. The highest BCUT2D eigenvalue weighted by Crippen LogP contribution is 2.13. The molecule has 0 aliphatic rings. The molecule has 0 saturated carbocycles. The maximum Gasteiger partial charge on any atom is 0.0166 e. The molecular formula is C16H34N2. The van der Waals surface area contributed by atoms with Crippen LogP contribution in [0.15, 0.2) is 12.2 Å². The summed E-state index contributed by atoms with van der Waals surface area (Å²) in [6, 6.07) is 0. The van der Waals surface area contributed by atoms with Crippen molar-refractivity contribution in [1.29, 1.82) is 0 Å². The van der Waals surface area contributed by atoms with Crippen molar-refractivity contribution in [3.8, 4) is 0 Å². The van der Waals surface area contributed by atoms with Crippen molar-refractivity contribution in [2.75, 3.05) is 20.1 Å². The van der Waals surface area contributed by atoms with Crippen LogP contribution in [0, 0.1) is 0 Å². The van der Waals surface area contributed by atoms with E-state index >= 15 is 0 Å². The van der Waals surface area contributed by atoms with Crippen molar-refractivity contribution in [1.82, 2.24) is 10.2 Å². The molecular weight excluding hydrogens is 220 g/mol. The van der Waals surface area contributed by atoms with Gasteiger partial charge in [0.15, 0.2) is 0 Å². The summed E-state index contributed by atoms with van der Waals surface area (Å²) in [5, 5.41) is 3.49. The van der Waals surface area contributed by atoms with Gasteiger partial charge in [0.05, 0.1) is 0 Å². The molecule has 0 aliphatic heterocycles. The number of hydrogen-bond donors (Lipinski definition) is 1. The molecule has 0 unspecified atom stereocenters. The van der Waals surface area contributed by atoms with Crippen LogP contribution in [0.2, 0.25) is 0 Å². The van der Waals surface area contributed by atoms with Gasteiger partial charge in [0.1, 0.15) is 0 Å². The number of nitrogens with zero attached hydrogens (tertiary/aromatic N) is 1. The van der Waals surface area contributed by atoms with E-state index in [9.17, 15) is 0 Å². The first-order chi connectivity index (χ1) is 8.02. The summed E-state index contributed by atoms with van der Waals surface area (Å²) >= 11 is 0. The largest absolute Gasteiger partial charge is 0.308 e. The van der Waals surface area contributed by atoms with E-state index in [0.717, 1.165) is 13.0 Å². The Balaban J connectivity index is 3.64. The Morgan fingerprint density at radius 2 is 1.61 bits per heavy atom. The van der Waals surface area contributed by atoms with Crippen LogP contribution in [0.4, 0.5) is 0 Å². The topological polar surface area (TPSA) is 15.3 Å². The highest BCUT2D eigenvalue weighted by molar-refractivity contribution is 4.98. The molecule has 0 fully saturated rings. The third-order valence-electron chi connectivity index (χ3n) is 3.29. The summed E-state index contributed by atoms with van der Waals surface area (Å²) in [5.74, 6) is 0. The molecule has 0 aromatic rings. The normalized spacial score (nSPS) is 13.1. The van der Waals surface area contributed by atoms with Crippen molar-refractivity contribution in [3.63, 3.8) is 0 Å². The van der Waals surface area contributed by atoms with Gasteiger partial charge in [0.25, 0.3) is 0 Å². The first-order valence-electron chi connectivity index (χ1n) is 7.15. The van der Waals surface area contributed by atoms with Crippen molar-refractivity contribution in [3.05, 3.63) is 12.2 Å². The Morgan fingerprint density at radius 1 is 1.06 bits per heavy atom. The molecule has 18 heavy (non-hydrogen) atoms. The highest BCUT2D eigenvalue weighted by Gasteiger charge is 2.15. The molecule has 2 heteroatoms. The molecule has 0 saturated heterocycles. The summed E-state index contributed by atoms with van der Waals surface area (Å²) in [5.41, 5.74) is 1.79. The molecule has 0 rings (SSSR count). The summed E-state index contributed by atoms with van der Waals surface area (Å²) < 4.78 is 0. The van der Waals surface area contributed by atoms with E-state index in [1.165, 1.54) is 25.0 Å². The quantitative estimate of drug-likeness (QED) is 0.549. The van der Waals surface area contributed by atoms with Gasteiger partial charge in [-0.1, -0.05) is 12.2 Å². The number of hydrogen-bond acceptors (Lipinski definition) is 2. The minimum atomic E-state index is 0.190. The van der Waals surface area contributed by atoms with Crippen molar-refractivity contribution in [2.45, 2.75) is 71.9 Å². The molecule has 0 atom stereocenters. The van der Waals surface area contributed by atoms with Gasteiger partial charge in [-0.2, -0.15) is 0 Å². The average Bonchev–Trinajstić information content (AvgIpc) is 2.18. The van der Waals surface area contributed by atoms with Gasteiger partial charge < -0.3 is 10.2 Å². The van der Waals surface area contributed by atoms with Crippen LogP contribution in [0.1, 0.15) is 60.8 Å². The fourth-order valence-corrected chi connectivity index (χ4v) is 1.54. The van der Waals surface area contributed by atoms with E-state index < -0.39 is 0 Å². The molecule has 0 aliphatic carbocycles. The zero-order valence-electron chi connectivity index (χ0n) is 13.7. The molecule has 0 spiro atoms. The molecule has 0 heterocycles. The zero-order chi connectivity index (χ0) is 14.4. The van der Waals surface area contributed by atoms with Crippen LogP contribution >= 0.6 is 0 Å². The van der Waals surface area contributed by atoms with E-state index in [1.54, 1.807) is 0 Å². The van der Waals surface area contributed by atoms with Gasteiger partial charge in [0, 0.05) is 17.6 Å². The first kappa shape index (κ1) is 17.7. The standard InChI is InChI=1S/C16H34N2/c1-14(13-17-15(2,3)4)11-9-10-12-18(8)16(5,6)7/h17H,1,9-13H2,2-8H3. The van der Waals surface area contributed by atoms with E-state index in [2.05, 4.69) is 65.4 Å². The van der Waals surface area contributed by atoms with Gasteiger partial charge in [-0.25, -0.2) is 0 Å². The van der Waals surface area contributed by atoms with Crippen LogP contribution in [0.25, 0.3) is 0 Å². The van der Waals surface area contributed by atoms with Crippen molar-refractivity contribution >= 4 is 0 Å². The Morgan fingerprint density at radius 3 is 2.06 bits per heavy atom. The predicted octanol–water partition coefficient (Wildman–Crippen LogP) is 3.83. The molecule has 0 amide bonds. The molecule has 0 aromatic heterocycles. The monoisotopic (exact) mass is 254 g/mol. The Labute approximate surface area is 115 Å². The van der Waals surface area contributed by atoms with E-state index in [4.69, 9.17) is 0 Å². The van der Waals surface area contributed by atoms with Crippen LogP contribution in [0.5, 0.6) is 0 Å². The second-order valence-electron chi connectivity index (χ2n) is 7.40. The fraction of sp³-hybridized carbons (Fsp3) is 0.875. The molecule has 0 radical (unpaired) electrons. The van der Waals surface area contributed by atoms with Gasteiger partial charge in [-0.15, -0.1) is 0 Å². The summed E-state index contributed by atoms with van der Waals surface area (Å²) in [6.07, 6.45) is 3.63. The minimum absolute atomic E-state index is 0.190. The maximum absolute atomic E-state index is 4.15. The van der Waals surface area contributed by atoms with E-state index in [1.807, 2.05) is 0 Å². The number of unbranched alkanes of at least 4 members (excludes halogenated alkanes) is 1. The maximum atomic E-state index is 4.15. The zero-order valence-corrected chi connectivity index (χ0v) is 13.7. The van der Waals surface area contributed by atoms with Crippen LogP contribution in [-0.2, 0) is 0 Å². The highest BCUT2D eigenvalue weighted by atomic mass is 15.1. The predicted molar refractivity (Wildman–Crippen MR) is 83.1 cm³/mol. The summed E-state index contributed by atoms with van der Waals surface area (Å²) in [6.45, 7) is 19.6. The minimum Gasteiger partial charge on any atom is -0.308 e. The second kappa shape index (κ2) is 7.30. The third-order valence-corrected chi connectivity index (χ3v) is 3.29. The van der Waals surface area contributed by atoms with Gasteiger partial charge >= 0.3 is 0 Å². The van der Waals surface area contributed by atoms with Crippen molar-refractivity contribution in [2.24, 2.45) is 0 Å². The van der Waals surface area contributed by atoms with Gasteiger partial charge in [-0.3, -0.25) is 0 Å². The third kappa shape index (κ3) is 9.67. The van der Waals surface area contributed by atoms with Gasteiger partial charge in [0.2, 0.25) is 0 Å². The fourth-order valence-electron chi connectivity index (χ4n) is 1.54. The molecule has 0 bridgehead atoms. The lowest BCUT2D eigenvalue weighted by atomic mass is 10.0. The smallest absolute Gasteiger partial charge is 0.0166 e. The molecule has 2 nitrogen and oxygen atoms in total. The molecule has 108 valence electrons. The van der Waals surface area contributed by atoms with Crippen LogP contribution in [0.3, 0.4) is 0 Å². The lowest BCUT2D eigenvalue weighted by Crippen LogP contribution is -2.38. The number of rotatable bonds is 7. The SMILES string of the molecule is C=C(CCCCN(C)C(C)(C)C)CNC(C)(C)C. The summed E-state index contributed by atoms with van der Waals surface area (Å²) in [4.78, 5) is 2.42. The lowest BCUT2D eigenvalue weighted by molar-refractivity contribution is 0.173.